The molecule has 0 heterocycles. The minimum absolute atomic E-state index is 0.0908. The van der Waals surface area contributed by atoms with E-state index in [9.17, 15) is 18.0 Å². The number of carbonyl (C=O) groups excluding carboxylic acids is 2. The van der Waals surface area contributed by atoms with Gasteiger partial charge in [-0.3, -0.25) is 9.59 Å². The minimum atomic E-state index is -3.90. The summed E-state index contributed by atoms with van der Waals surface area (Å²) >= 11 is 0. The quantitative estimate of drug-likeness (QED) is 0.640. The smallest absolute Gasteiger partial charge is 0.324 e. The van der Waals surface area contributed by atoms with Gasteiger partial charge in [-0.25, -0.2) is 8.42 Å². The third kappa shape index (κ3) is 6.04. The van der Waals surface area contributed by atoms with Crippen molar-refractivity contribution in [1.82, 2.24) is 10.0 Å². The highest BCUT2D eigenvalue weighted by Gasteiger charge is 2.30. The van der Waals surface area contributed by atoms with Crippen LogP contribution in [0.25, 0.3) is 0 Å². The normalized spacial score (nSPS) is 16.2. The van der Waals surface area contributed by atoms with Crippen molar-refractivity contribution in [3.05, 3.63) is 29.3 Å². The van der Waals surface area contributed by atoms with Gasteiger partial charge in [-0.05, 0) is 55.9 Å². The van der Waals surface area contributed by atoms with Crippen LogP contribution in [-0.2, 0) is 24.3 Å². The summed E-state index contributed by atoms with van der Waals surface area (Å²) in [5.41, 5.74) is 1.82. The van der Waals surface area contributed by atoms with Crippen molar-refractivity contribution in [2.75, 3.05) is 6.61 Å². The third-order valence-electron chi connectivity index (χ3n) is 5.06. The maximum Gasteiger partial charge on any atom is 0.324 e. The zero-order valence-electron chi connectivity index (χ0n) is 16.9. The Kier molecular flexibility index (Phi) is 7.60. The van der Waals surface area contributed by atoms with Crippen LogP contribution >= 0.6 is 0 Å². The monoisotopic (exact) mass is 410 g/mol. The standard InChI is InChI=1S/C20H30N2O5S/c1-13(2)19(20(24)27-12-18(23)21-16-7-5-6-8-16)22-28(25,26)17-10-9-14(3)15(4)11-17/h9-11,13,16,19,22H,5-8,12H2,1-4H3,(H,21,23)/t19-/m0/s1. The van der Waals surface area contributed by atoms with E-state index in [1.165, 1.54) is 6.07 Å². The lowest BCUT2D eigenvalue weighted by Crippen LogP contribution is -2.46. The van der Waals surface area contributed by atoms with Gasteiger partial charge < -0.3 is 10.1 Å². The van der Waals surface area contributed by atoms with E-state index in [1.807, 2.05) is 13.8 Å². The summed E-state index contributed by atoms with van der Waals surface area (Å²) in [5.74, 6) is -1.46. The molecule has 0 unspecified atom stereocenters. The third-order valence-corrected chi connectivity index (χ3v) is 6.50. The van der Waals surface area contributed by atoms with Gasteiger partial charge in [-0.2, -0.15) is 4.72 Å². The lowest BCUT2D eigenvalue weighted by Gasteiger charge is -2.21. The van der Waals surface area contributed by atoms with Crippen LogP contribution in [0.15, 0.2) is 23.1 Å². The average molecular weight is 411 g/mol. The van der Waals surface area contributed by atoms with E-state index in [0.29, 0.717) is 0 Å². The predicted octanol–water partition coefficient (Wildman–Crippen LogP) is 2.21. The average Bonchev–Trinajstić information content (AvgIpc) is 3.12. The van der Waals surface area contributed by atoms with E-state index in [4.69, 9.17) is 4.74 Å². The Morgan fingerprint density at radius 1 is 1.14 bits per heavy atom. The van der Waals surface area contributed by atoms with Gasteiger partial charge in [-0.15, -0.1) is 0 Å². The molecule has 156 valence electrons. The Morgan fingerprint density at radius 2 is 1.79 bits per heavy atom. The first-order valence-corrected chi connectivity index (χ1v) is 11.1. The summed E-state index contributed by atoms with van der Waals surface area (Å²) in [7, 11) is -3.90. The van der Waals surface area contributed by atoms with E-state index in [2.05, 4.69) is 10.0 Å². The molecule has 1 fully saturated rings. The Hall–Kier alpha value is -1.93. The number of esters is 1. The van der Waals surface area contributed by atoms with Gasteiger partial charge in [0.25, 0.3) is 5.91 Å². The topological polar surface area (TPSA) is 102 Å². The number of amides is 1. The van der Waals surface area contributed by atoms with Crippen molar-refractivity contribution in [3.63, 3.8) is 0 Å². The van der Waals surface area contributed by atoms with E-state index in [-0.39, 0.29) is 22.8 Å². The fourth-order valence-corrected chi connectivity index (χ4v) is 4.56. The molecular formula is C20H30N2O5S. The predicted molar refractivity (Wildman–Crippen MR) is 106 cm³/mol. The Labute approximate surface area is 167 Å². The van der Waals surface area contributed by atoms with Crippen LogP contribution in [0.5, 0.6) is 0 Å². The molecule has 1 amide bonds. The molecule has 0 bridgehead atoms. The molecule has 0 saturated heterocycles. The Balaban J connectivity index is 1.99. The first-order valence-electron chi connectivity index (χ1n) is 9.65. The Morgan fingerprint density at radius 3 is 2.36 bits per heavy atom. The van der Waals surface area contributed by atoms with Crippen LogP contribution < -0.4 is 10.0 Å². The minimum Gasteiger partial charge on any atom is -0.454 e. The van der Waals surface area contributed by atoms with E-state index in [0.717, 1.165) is 36.8 Å². The second-order valence-electron chi connectivity index (χ2n) is 7.75. The van der Waals surface area contributed by atoms with Gasteiger partial charge in [0.2, 0.25) is 10.0 Å². The van der Waals surface area contributed by atoms with Gasteiger partial charge >= 0.3 is 5.97 Å². The molecule has 1 atom stereocenters. The molecule has 0 spiro atoms. The fourth-order valence-electron chi connectivity index (χ4n) is 3.14. The molecule has 1 aromatic carbocycles. The van der Waals surface area contributed by atoms with Gasteiger partial charge in [0.1, 0.15) is 6.04 Å². The number of ether oxygens (including phenoxy) is 1. The summed E-state index contributed by atoms with van der Waals surface area (Å²) < 4.78 is 32.9. The molecule has 8 heteroatoms. The van der Waals surface area contributed by atoms with Crippen molar-refractivity contribution in [2.45, 2.75) is 70.4 Å². The van der Waals surface area contributed by atoms with E-state index in [1.54, 1.807) is 26.0 Å². The van der Waals surface area contributed by atoms with E-state index < -0.39 is 28.6 Å². The molecule has 2 N–H and O–H groups in total. The molecule has 1 aliphatic rings. The van der Waals surface area contributed by atoms with E-state index >= 15 is 0 Å². The molecule has 0 aromatic heterocycles. The second-order valence-corrected chi connectivity index (χ2v) is 9.46. The molecule has 1 aromatic rings. The number of carbonyl (C=O) groups is 2. The lowest BCUT2D eigenvalue weighted by atomic mass is 10.1. The number of sulfonamides is 1. The number of hydrogen-bond donors (Lipinski definition) is 2. The van der Waals surface area contributed by atoms with Crippen molar-refractivity contribution >= 4 is 21.9 Å². The molecule has 2 rings (SSSR count). The van der Waals surface area contributed by atoms with Crippen LogP contribution in [0.4, 0.5) is 0 Å². The summed E-state index contributed by atoms with van der Waals surface area (Å²) in [6.07, 6.45) is 4.04. The lowest BCUT2D eigenvalue weighted by molar-refractivity contribution is -0.151. The zero-order valence-corrected chi connectivity index (χ0v) is 17.8. The largest absolute Gasteiger partial charge is 0.454 e. The van der Waals surface area contributed by atoms with Crippen LogP contribution in [-0.4, -0.2) is 39.0 Å². The first-order chi connectivity index (χ1) is 13.1. The number of nitrogens with one attached hydrogen (secondary N) is 2. The second kappa shape index (κ2) is 9.52. The maximum atomic E-state index is 12.7. The van der Waals surface area contributed by atoms with Gasteiger partial charge in [-0.1, -0.05) is 32.8 Å². The fraction of sp³-hybridized carbons (Fsp3) is 0.600. The zero-order chi connectivity index (χ0) is 20.9. The highest BCUT2D eigenvalue weighted by Crippen LogP contribution is 2.18. The summed E-state index contributed by atoms with van der Waals surface area (Å²) in [5, 5.41) is 2.83. The molecule has 0 radical (unpaired) electrons. The van der Waals surface area contributed by atoms with Gasteiger partial charge in [0, 0.05) is 6.04 Å². The molecular weight excluding hydrogens is 380 g/mol. The van der Waals surface area contributed by atoms with Gasteiger partial charge in [0.15, 0.2) is 6.61 Å². The highest BCUT2D eigenvalue weighted by atomic mass is 32.2. The summed E-state index contributed by atoms with van der Waals surface area (Å²) in [6, 6.07) is 3.85. The van der Waals surface area contributed by atoms with Crippen LogP contribution in [0, 0.1) is 19.8 Å². The number of aryl methyl sites for hydroxylation is 2. The van der Waals surface area contributed by atoms with Crippen molar-refractivity contribution in [2.24, 2.45) is 5.92 Å². The Bertz CT molecular complexity index is 814. The first kappa shape index (κ1) is 22.4. The van der Waals surface area contributed by atoms with Crippen molar-refractivity contribution in [1.29, 1.82) is 0 Å². The number of hydrogen-bond acceptors (Lipinski definition) is 5. The molecule has 1 aliphatic carbocycles. The highest BCUT2D eigenvalue weighted by molar-refractivity contribution is 7.89. The number of rotatable bonds is 8. The number of benzene rings is 1. The summed E-state index contributed by atoms with van der Waals surface area (Å²) in [4.78, 5) is 24.5. The molecule has 1 saturated carbocycles. The molecule has 7 nitrogen and oxygen atoms in total. The van der Waals surface area contributed by atoms with Crippen LogP contribution in [0.1, 0.15) is 50.7 Å². The van der Waals surface area contributed by atoms with Crippen molar-refractivity contribution < 1.29 is 22.7 Å². The SMILES string of the molecule is Cc1ccc(S(=O)(=O)N[C@H](C(=O)OCC(=O)NC2CCCC2)C(C)C)cc1C. The molecule has 28 heavy (non-hydrogen) atoms. The molecule has 0 aliphatic heterocycles. The van der Waals surface area contributed by atoms with Crippen LogP contribution in [0.2, 0.25) is 0 Å². The van der Waals surface area contributed by atoms with Gasteiger partial charge in [0.05, 0.1) is 4.90 Å². The summed E-state index contributed by atoms with van der Waals surface area (Å²) in [6.45, 7) is 6.74. The van der Waals surface area contributed by atoms with Crippen LogP contribution in [0.3, 0.4) is 0 Å². The van der Waals surface area contributed by atoms with Crippen molar-refractivity contribution in [3.8, 4) is 0 Å². The maximum absolute atomic E-state index is 12.7.